The predicted octanol–water partition coefficient (Wildman–Crippen LogP) is 2.08. The Morgan fingerprint density at radius 3 is 2.68 bits per heavy atom. The first-order chi connectivity index (χ1) is 11.9. The smallest absolute Gasteiger partial charge is 0.220 e. The van der Waals surface area contributed by atoms with Gasteiger partial charge in [-0.05, 0) is 50.8 Å². The van der Waals surface area contributed by atoms with Gasteiger partial charge in [-0.3, -0.25) is 4.79 Å². The van der Waals surface area contributed by atoms with E-state index in [1.54, 1.807) is 6.92 Å². The lowest BCUT2D eigenvalue weighted by Gasteiger charge is -2.31. The number of ether oxygens (including phenoxy) is 1. The Bertz CT molecular complexity index is 667. The molecule has 1 heterocycles. The quantitative estimate of drug-likeness (QED) is 0.713. The average Bonchev–Trinajstić information content (AvgIpc) is 2.59. The van der Waals surface area contributed by atoms with Crippen molar-refractivity contribution in [2.75, 3.05) is 25.4 Å². The van der Waals surface area contributed by atoms with Crippen LogP contribution in [0.5, 0.6) is 5.75 Å². The molecule has 1 aromatic rings. The molecule has 0 aliphatic carbocycles. The number of aryl methyl sites for hydroxylation is 1. The van der Waals surface area contributed by atoms with E-state index >= 15 is 0 Å². The van der Waals surface area contributed by atoms with Crippen LogP contribution in [0.3, 0.4) is 0 Å². The maximum absolute atomic E-state index is 12.0. The van der Waals surface area contributed by atoms with E-state index in [-0.39, 0.29) is 17.7 Å². The van der Waals surface area contributed by atoms with Gasteiger partial charge in [-0.15, -0.1) is 0 Å². The van der Waals surface area contributed by atoms with Gasteiger partial charge in [0.1, 0.15) is 5.75 Å². The summed E-state index contributed by atoms with van der Waals surface area (Å²) in [5.41, 5.74) is 1.15. The minimum absolute atomic E-state index is 0.00430. The van der Waals surface area contributed by atoms with E-state index in [1.165, 1.54) is 4.31 Å². The zero-order valence-electron chi connectivity index (χ0n) is 15.0. The summed E-state index contributed by atoms with van der Waals surface area (Å²) in [5.74, 6) is 0.958. The van der Waals surface area contributed by atoms with E-state index in [0.717, 1.165) is 11.3 Å². The number of hydrogen-bond acceptors (Lipinski definition) is 4. The number of nitrogens with zero attached hydrogens (tertiary/aromatic N) is 1. The summed E-state index contributed by atoms with van der Waals surface area (Å²) >= 11 is 0. The second-order valence-corrected chi connectivity index (χ2v) is 8.67. The molecule has 0 aromatic heterocycles. The molecule has 0 radical (unpaired) electrons. The van der Waals surface area contributed by atoms with Crippen molar-refractivity contribution >= 4 is 15.9 Å². The number of sulfonamides is 1. The molecule has 1 fully saturated rings. The molecule has 0 unspecified atom stereocenters. The Hall–Kier alpha value is -1.60. The van der Waals surface area contributed by atoms with E-state index in [0.29, 0.717) is 45.4 Å². The van der Waals surface area contributed by atoms with E-state index in [1.807, 2.05) is 31.2 Å². The SMILES string of the molecule is CCS(=O)(=O)N1CCC(NC(=O)CCCOc2cccc(C)c2)CC1. The van der Waals surface area contributed by atoms with Crippen LogP contribution in [0.4, 0.5) is 0 Å². The summed E-state index contributed by atoms with van der Waals surface area (Å²) in [7, 11) is -3.12. The molecule has 1 aliphatic heterocycles. The van der Waals surface area contributed by atoms with Crippen LogP contribution in [0.2, 0.25) is 0 Å². The maximum atomic E-state index is 12.0. The molecule has 6 nitrogen and oxygen atoms in total. The third kappa shape index (κ3) is 6.32. The summed E-state index contributed by atoms with van der Waals surface area (Å²) in [6.45, 7) is 5.14. The topological polar surface area (TPSA) is 75.7 Å². The van der Waals surface area contributed by atoms with Crippen LogP contribution in [0.25, 0.3) is 0 Å². The Labute approximate surface area is 150 Å². The molecule has 140 valence electrons. The predicted molar refractivity (Wildman–Crippen MR) is 98.1 cm³/mol. The first-order valence-corrected chi connectivity index (χ1v) is 10.5. The highest BCUT2D eigenvalue weighted by Gasteiger charge is 2.27. The van der Waals surface area contributed by atoms with Crippen molar-refractivity contribution in [1.82, 2.24) is 9.62 Å². The van der Waals surface area contributed by atoms with Crippen LogP contribution < -0.4 is 10.1 Å². The number of benzene rings is 1. The molecule has 0 bridgehead atoms. The highest BCUT2D eigenvalue weighted by molar-refractivity contribution is 7.89. The van der Waals surface area contributed by atoms with Gasteiger partial charge >= 0.3 is 0 Å². The van der Waals surface area contributed by atoms with E-state index in [4.69, 9.17) is 4.74 Å². The maximum Gasteiger partial charge on any atom is 0.220 e. The standard InChI is InChI=1S/C18H28N2O4S/c1-3-25(22,23)20-11-9-16(10-12-20)19-18(21)8-5-13-24-17-7-4-6-15(2)14-17/h4,6-7,14,16H,3,5,8-13H2,1-2H3,(H,19,21). The number of hydrogen-bond donors (Lipinski definition) is 1. The fraction of sp³-hybridized carbons (Fsp3) is 0.611. The van der Waals surface area contributed by atoms with E-state index in [2.05, 4.69) is 5.32 Å². The largest absolute Gasteiger partial charge is 0.494 e. The average molecular weight is 368 g/mol. The molecule has 0 saturated carbocycles. The van der Waals surface area contributed by atoms with Crippen LogP contribution >= 0.6 is 0 Å². The van der Waals surface area contributed by atoms with Crippen molar-refractivity contribution in [3.05, 3.63) is 29.8 Å². The molecule has 1 aliphatic rings. The van der Waals surface area contributed by atoms with Crippen LogP contribution in [0.15, 0.2) is 24.3 Å². The lowest BCUT2D eigenvalue weighted by Crippen LogP contribution is -2.46. The number of piperidine rings is 1. The lowest BCUT2D eigenvalue weighted by atomic mass is 10.1. The lowest BCUT2D eigenvalue weighted by molar-refractivity contribution is -0.122. The number of rotatable bonds is 8. The molecular weight excluding hydrogens is 340 g/mol. The second-order valence-electron chi connectivity index (χ2n) is 6.41. The molecule has 2 rings (SSSR count). The zero-order valence-corrected chi connectivity index (χ0v) is 15.8. The van der Waals surface area contributed by atoms with Crippen LogP contribution in [-0.2, 0) is 14.8 Å². The molecule has 1 amide bonds. The Morgan fingerprint density at radius 1 is 1.32 bits per heavy atom. The van der Waals surface area contributed by atoms with E-state index < -0.39 is 10.0 Å². The Balaban J connectivity index is 1.63. The first-order valence-electron chi connectivity index (χ1n) is 8.87. The minimum atomic E-state index is -3.12. The number of amides is 1. The fourth-order valence-corrected chi connectivity index (χ4v) is 4.02. The monoisotopic (exact) mass is 368 g/mol. The van der Waals surface area contributed by atoms with Gasteiger partial charge in [0, 0.05) is 25.6 Å². The van der Waals surface area contributed by atoms with E-state index in [9.17, 15) is 13.2 Å². The van der Waals surface area contributed by atoms with Gasteiger partial charge in [-0.2, -0.15) is 0 Å². The third-order valence-corrected chi connectivity index (χ3v) is 6.27. The molecule has 1 saturated heterocycles. The molecule has 0 spiro atoms. The van der Waals surface area contributed by atoms with Crippen LogP contribution in [0.1, 0.15) is 38.2 Å². The first kappa shape index (κ1) is 19.7. The summed E-state index contributed by atoms with van der Waals surface area (Å²) in [6, 6.07) is 7.90. The van der Waals surface area contributed by atoms with Crippen molar-refractivity contribution in [1.29, 1.82) is 0 Å². The van der Waals surface area contributed by atoms with Crippen molar-refractivity contribution in [3.63, 3.8) is 0 Å². The van der Waals surface area contributed by atoms with Gasteiger partial charge in [0.05, 0.1) is 12.4 Å². The summed E-state index contributed by atoms with van der Waals surface area (Å²) in [4.78, 5) is 12.0. The molecular formula is C18H28N2O4S. The van der Waals surface area contributed by atoms with Gasteiger partial charge in [-0.1, -0.05) is 12.1 Å². The molecule has 25 heavy (non-hydrogen) atoms. The highest BCUT2D eigenvalue weighted by atomic mass is 32.2. The zero-order chi connectivity index (χ0) is 18.3. The summed E-state index contributed by atoms with van der Waals surface area (Å²) in [5, 5.41) is 3.00. The molecule has 7 heteroatoms. The van der Waals surface area contributed by atoms with Gasteiger partial charge < -0.3 is 10.1 Å². The van der Waals surface area contributed by atoms with Crippen LogP contribution in [0, 0.1) is 6.92 Å². The number of nitrogens with one attached hydrogen (secondary N) is 1. The van der Waals surface area contributed by atoms with Gasteiger partial charge in [0.25, 0.3) is 0 Å². The minimum Gasteiger partial charge on any atom is -0.494 e. The Morgan fingerprint density at radius 2 is 2.04 bits per heavy atom. The van der Waals surface area contributed by atoms with Crippen molar-refractivity contribution in [2.24, 2.45) is 0 Å². The van der Waals surface area contributed by atoms with Crippen molar-refractivity contribution < 1.29 is 17.9 Å². The summed E-state index contributed by atoms with van der Waals surface area (Å²) < 4.78 is 30.8. The second kappa shape index (κ2) is 9.20. The number of carbonyl (C=O) groups excluding carboxylic acids is 1. The van der Waals surface area contributed by atoms with Crippen molar-refractivity contribution in [3.8, 4) is 5.75 Å². The Kier molecular flexibility index (Phi) is 7.25. The van der Waals surface area contributed by atoms with Gasteiger partial charge in [0.15, 0.2) is 0 Å². The third-order valence-electron chi connectivity index (χ3n) is 4.38. The molecule has 1 aromatic carbocycles. The number of carbonyl (C=O) groups is 1. The normalized spacial score (nSPS) is 16.6. The highest BCUT2D eigenvalue weighted by Crippen LogP contribution is 2.15. The van der Waals surface area contributed by atoms with Gasteiger partial charge in [0.2, 0.25) is 15.9 Å². The van der Waals surface area contributed by atoms with Gasteiger partial charge in [-0.25, -0.2) is 12.7 Å². The summed E-state index contributed by atoms with van der Waals surface area (Å²) in [6.07, 6.45) is 2.41. The molecule has 1 N–H and O–H groups in total. The fourth-order valence-electron chi connectivity index (χ4n) is 2.89. The van der Waals surface area contributed by atoms with Crippen molar-refractivity contribution in [2.45, 2.75) is 45.6 Å². The van der Waals surface area contributed by atoms with Crippen LogP contribution in [-0.4, -0.2) is 50.1 Å². The molecule has 0 atom stereocenters.